The molecule has 2 aliphatic carbocycles. The fourth-order valence-electron chi connectivity index (χ4n) is 4.63. The number of anilines is 1. The number of hydrogen-bond donors (Lipinski definition) is 3. The minimum atomic E-state index is -3.69. The molecule has 184 valence electrons. The van der Waals surface area contributed by atoms with Crippen molar-refractivity contribution in [1.29, 1.82) is 0 Å². The Morgan fingerprint density at radius 2 is 1.97 bits per heavy atom. The Kier molecular flexibility index (Phi) is 5.77. The van der Waals surface area contributed by atoms with E-state index in [1.165, 1.54) is 10.7 Å². The summed E-state index contributed by atoms with van der Waals surface area (Å²) >= 11 is 0. The molecule has 1 saturated carbocycles. The quantitative estimate of drug-likeness (QED) is 0.491. The zero-order valence-corrected chi connectivity index (χ0v) is 20.9. The van der Waals surface area contributed by atoms with Gasteiger partial charge in [0, 0.05) is 23.4 Å². The highest BCUT2D eigenvalue weighted by atomic mass is 32.2. The first-order valence-electron chi connectivity index (χ1n) is 11.8. The van der Waals surface area contributed by atoms with Crippen molar-refractivity contribution >= 4 is 21.6 Å². The third kappa shape index (κ3) is 4.61. The number of carbonyl (C=O) groups is 1. The van der Waals surface area contributed by atoms with E-state index in [0.717, 1.165) is 54.6 Å². The van der Waals surface area contributed by atoms with Crippen LogP contribution in [0.2, 0.25) is 0 Å². The van der Waals surface area contributed by atoms with Gasteiger partial charge >= 0.3 is 6.03 Å². The van der Waals surface area contributed by atoms with Crippen molar-refractivity contribution in [2.45, 2.75) is 69.4 Å². The zero-order chi connectivity index (χ0) is 25.0. The minimum Gasteiger partial charge on any atom is -0.384 e. The third-order valence-corrected chi connectivity index (χ3v) is 7.77. The molecule has 1 atom stereocenters. The Bertz CT molecular complexity index is 1430. The van der Waals surface area contributed by atoms with Crippen molar-refractivity contribution in [3.8, 4) is 5.69 Å². The van der Waals surface area contributed by atoms with Gasteiger partial charge in [-0.1, -0.05) is 18.2 Å². The average molecular weight is 495 g/mol. The SMILES string of the molecule is Cc1c(C2CC2)nc2c(c1NC(=O)N=[S@](N)(=O)c1cc(C(C)(C)O)n(-c3ccccc3)n1)CCC2. The molecular formula is C25H30N6O3S. The van der Waals surface area contributed by atoms with Crippen LogP contribution in [0.1, 0.15) is 67.2 Å². The van der Waals surface area contributed by atoms with Crippen LogP contribution in [0, 0.1) is 6.92 Å². The van der Waals surface area contributed by atoms with E-state index in [2.05, 4.69) is 14.8 Å². The molecule has 0 bridgehead atoms. The summed E-state index contributed by atoms with van der Waals surface area (Å²) in [5.41, 5.74) is 4.48. The van der Waals surface area contributed by atoms with E-state index >= 15 is 0 Å². The number of fused-ring (bicyclic) bond motifs is 1. The number of nitrogens with one attached hydrogen (secondary N) is 1. The number of benzene rings is 1. The van der Waals surface area contributed by atoms with Crippen LogP contribution < -0.4 is 10.5 Å². The highest BCUT2D eigenvalue weighted by Crippen LogP contribution is 2.44. The predicted octanol–water partition coefficient (Wildman–Crippen LogP) is 4.10. The molecule has 0 saturated heterocycles. The average Bonchev–Trinajstić information content (AvgIpc) is 3.33. The third-order valence-electron chi connectivity index (χ3n) is 6.53. The summed E-state index contributed by atoms with van der Waals surface area (Å²) in [6.07, 6.45) is 4.92. The molecule has 2 aliphatic rings. The lowest BCUT2D eigenvalue weighted by Gasteiger charge is -2.18. The van der Waals surface area contributed by atoms with Gasteiger partial charge in [0.1, 0.15) is 5.60 Å². The number of urea groups is 1. The monoisotopic (exact) mass is 494 g/mol. The normalized spacial score (nSPS) is 17.1. The first-order valence-corrected chi connectivity index (χ1v) is 13.4. The molecule has 3 aromatic rings. The molecule has 0 aliphatic heterocycles. The van der Waals surface area contributed by atoms with Gasteiger partial charge in [-0.3, -0.25) is 4.98 Å². The lowest BCUT2D eigenvalue weighted by Crippen LogP contribution is -2.20. The molecule has 35 heavy (non-hydrogen) atoms. The molecular weight excluding hydrogens is 464 g/mol. The summed E-state index contributed by atoms with van der Waals surface area (Å²) in [4.78, 5) is 17.8. The van der Waals surface area contributed by atoms with Crippen LogP contribution in [0.5, 0.6) is 0 Å². The van der Waals surface area contributed by atoms with Crippen molar-refractivity contribution in [1.82, 2.24) is 14.8 Å². The number of amides is 2. The lowest BCUT2D eigenvalue weighted by molar-refractivity contribution is 0.0711. The van der Waals surface area contributed by atoms with Crippen LogP contribution in [0.15, 0.2) is 45.8 Å². The molecule has 10 heteroatoms. The van der Waals surface area contributed by atoms with Crippen LogP contribution in [-0.4, -0.2) is 30.1 Å². The van der Waals surface area contributed by atoms with E-state index in [1.807, 2.05) is 25.1 Å². The molecule has 4 N–H and O–H groups in total. The van der Waals surface area contributed by atoms with Crippen molar-refractivity contribution in [2.24, 2.45) is 9.50 Å². The number of nitrogens with two attached hydrogens (primary N) is 1. The fraction of sp³-hybridized carbons (Fsp3) is 0.400. The largest absolute Gasteiger partial charge is 0.384 e. The smallest absolute Gasteiger partial charge is 0.354 e. The van der Waals surface area contributed by atoms with Gasteiger partial charge in [-0.15, -0.1) is 4.36 Å². The van der Waals surface area contributed by atoms with Crippen molar-refractivity contribution in [2.75, 3.05) is 5.32 Å². The first kappa shape index (κ1) is 23.7. The van der Waals surface area contributed by atoms with E-state index in [0.29, 0.717) is 23.0 Å². The van der Waals surface area contributed by atoms with E-state index in [1.54, 1.807) is 26.0 Å². The highest BCUT2D eigenvalue weighted by molar-refractivity contribution is 7.91. The number of pyridine rings is 1. The predicted molar refractivity (Wildman–Crippen MR) is 134 cm³/mol. The minimum absolute atomic E-state index is 0.0797. The van der Waals surface area contributed by atoms with Gasteiger partial charge in [0.05, 0.1) is 17.1 Å². The van der Waals surface area contributed by atoms with Crippen LogP contribution in [0.3, 0.4) is 0 Å². The number of aliphatic hydroxyl groups is 1. The number of carbonyl (C=O) groups excluding carboxylic acids is 1. The molecule has 5 rings (SSSR count). The summed E-state index contributed by atoms with van der Waals surface area (Å²) < 4.78 is 18.7. The number of rotatable bonds is 5. The van der Waals surface area contributed by atoms with E-state index in [9.17, 15) is 14.1 Å². The van der Waals surface area contributed by atoms with Gasteiger partial charge < -0.3 is 10.4 Å². The summed E-state index contributed by atoms with van der Waals surface area (Å²) in [6, 6.07) is 9.77. The topological polar surface area (TPSA) is 135 Å². The Labute approximate surface area is 205 Å². The van der Waals surface area contributed by atoms with E-state index < -0.39 is 21.5 Å². The first-order chi connectivity index (χ1) is 16.5. The van der Waals surface area contributed by atoms with Gasteiger partial charge in [-0.25, -0.2) is 18.8 Å². The summed E-state index contributed by atoms with van der Waals surface area (Å²) in [5.74, 6) is 0.439. The molecule has 0 unspecified atom stereocenters. The molecule has 2 amide bonds. The maximum absolute atomic E-state index is 13.4. The van der Waals surface area contributed by atoms with Gasteiger partial charge in [0.25, 0.3) is 0 Å². The standard InChI is InChI=1S/C25H30N6O3S/c1-15-22(16-12-13-16)27-19-11-7-10-18(19)23(15)28-24(32)30-35(26,34)21-14-20(25(2,3)33)31(29-21)17-8-5-4-6-9-17/h4-6,8-9,14,16,33H,7,10-13H2,1-3H3,(H3,26,27,28,30,32,34)/t35-/m0/s1. The van der Waals surface area contributed by atoms with Gasteiger partial charge in [0.2, 0.25) is 0 Å². The van der Waals surface area contributed by atoms with Crippen LogP contribution in [0.25, 0.3) is 5.69 Å². The number of aryl methyl sites for hydroxylation is 1. The zero-order valence-electron chi connectivity index (χ0n) is 20.1. The maximum Gasteiger partial charge on any atom is 0.354 e. The second kappa shape index (κ2) is 8.54. The number of aromatic nitrogens is 3. The van der Waals surface area contributed by atoms with Gasteiger partial charge in [0.15, 0.2) is 14.9 Å². The van der Waals surface area contributed by atoms with Crippen LogP contribution in [0.4, 0.5) is 10.5 Å². The Morgan fingerprint density at radius 3 is 2.63 bits per heavy atom. The lowest BCUT2D eigenvalue weighted by atomic mass is 10.0. The summed E-state index contributed by atoms with van der Waals surface area (Å²) in [6.45, 7) is 5.16. The fourth-order valence-corrected chi connectivity index (χ4v) is 5.50. The maximum atomic E-state index is 13.4. The summed E-state index contributed by atoms with van der Waals surface area (Å²) in [5, 5.41) is 23.9. The van der Waals surface area contributed by atoms with Crippen molar-refractivity contribution in [3.63, 3.8) is 0 Å². The van der Waals surface area contributed by atoms with Gasteiger partial charge in [-0.2, -0.15) is 5.10 Å². The van der Waals surface area contributed by atoms with E-state index in [-0.39, 0.29) is 5.03 Å². The summed E-state index contributed by atoms with van der Waals surface area (Å²) in [7, 11) is -3.69. The molecule has 0 radical (unpaired) electrons. The number of hydrogen-bond acceptors (Lipinski definition) is 5. The van der Waals surface area contributed by atoms with Crippen molar-refractivity contribution in [3.05, 3.63) is 64.6 Å². The van der Waals surface area contributed by atoms with Crippen LogP contribution in [-0.2, 0) is 28.4 Å². The van der Waals surface area contributed by atoms with E-state index in [4.69, 9.17) is 10.1 Å². The Balaban J connectivity index is 1.51. The molecule has 9 nitrogen and oxygen atoms in total. The molecule has 2 aromatic heterocycles. The highest BCUT2D eigenvalue weighted by Gasteiger charge is 2.32. The molecule has 2 heterocycles. The Hall–Kier alpha value is -3.08. The van der Waals surface area contributed by atoms with Crippen molar-refractivity contribution < 1.29 is 14.1 Å². The van der Waals surface area contributed by atoms with Gasteiger partial charge in [-0.05, 0) is 76.1 Å². The second-order valence-corrected chi connectivity index (χ2v) is 11.6. The molecule has 1 fully saturated rings. The second-order valence-electron chi connectivity index (χ2n) is 9.81. The molecule has 0 spiro atoms. The number of para-hydroxylation sites is 1. The number of nitrogens with zero attached hydrogens (tertiary/aromatic N) is 4. The Morgan fingerprint density at radius 1 is 1.26 bits per heavy atom. The van der Waals surface area contributed by atoms with Crippen LogP contribution >= 0.6 is 0 Å². The molecule has 1 aromatic carbocycles.